The van der Waals surface area contributed by atoms with Crippen molar-refractivity contribution >= 4 is 39.7 Å². The number of esters is 2. The highest BCUT2D eigenvalue weighted by atomic mass is 32.2. The molecule has 6 unspecified atom stereocenters. The van der Waals surface area contributed by atoms with Crippen molar-refractivity contribution in [2.45, 2.75) is 60.6 Å². The van der Waals surface area contributed by atoms with E-state index in [1.165, 1.54) is 11.8 Å². The first-order chi connectivity index (χ1) is 13.8. The van der Waals surface area contributed by atoms with E-state index >= 15 is 0 Å². The highest BCUT2D eigenvalue weighted by Gasteiger charge is 2.72. The van der Waals surface area contributed by atoms with Gasteiger partial charge in [-0.05, 0) is 26.7 Å². The Morgan fingerprint density at radius 2 is 1.90 bits per heavy atom. The zero-order valence-electron chi connectivity index (χ0n) is 16.1. The Kier molecular flexibility index (Phi) is 5.09. The molecule has 1 amide bonds. The van der Waals surface area contributed by atoms with E-state index in [-0.39, 0.29) is 23.1 Å². The second-order valence-electron chi connectivity index (χ2n) is 8.34. The van der Waals surface area contributed by atoms with Crippen LogP contribution in [0.4, 0.5) is 8.78 Å². The SMILES string of the molecule is CC(C)N1C(=O)C2C3SC(C(OC(=O)C4CC4)C31)C2C(=O)OCC(F)(F)S(=O)(=O)O. The summed E-state index contributed by atoms with van der Waals surface area (Å²) in [5.41, 5.74) is 0. The summed E-state index contributed by atoms with van der Waals surface area (Å²) in [4.78, 5) is 39.5. The van der Waals surface area contributed by atoms with E-state index in [9.17, 15) is 31.6 Å². The molecule has 0 radical (unpaired) electrons. The third-order valence-electron chi connectivity index (χ3n) is 6.02. The van der Waals surface area contributed by atoms with Gasteiger partial charge in [-0.3, -0.25) is 18.9 Å². The van der Waals surface area contributed by atoms with Crippen molar-refractivity contribution in [1.29, 1.82) is 0 Å². The van der Waals surface area contributed by atoms with Crippen molar-refractivity contribution in [2.75, 3.05) is 6.61 Å². The van der Waals surface area contributed by atoms with Gasteiger partial charge >= 0.3 is 27.3 Å². The van der Waals surface area contributed by atoms with Crippen molar-refractivity contribution in [1.82, 2.24) is 4.90 Å². The van der Waals surface area contributed by atoms with Crippen LogP contribution in [0.5, 0.6) is 0 Å². The summed E-state index contributed by atoms with van der Waals surface area (Å²) in [6, 6.07) is -0.640. The molecule has 0 aromatic carbocycles. The average Bonchev–Trinajstić information content (AvgIpc) is 3.28. The van der Waals surface area contributed by atoms with Crippen molar-refractivity contribution in [3.05, 3.63) is 0 Å². The first-order valence-electron chi connectivity index (χ1n) is 9.55. The topological polar surface area (TPSA) is 127 Å². The molecule has 13 heteroatoms. The molecule has 0 spiro atoms. The predicted octanol–water partition coefficient (Wildman–Crippen LogP) is 0.681. The number of carbonyl (C=O) groups excluding carboxylic acids is 3. The molecular formula is C17H21F2NO8S2. The summed E-state index contributed by atoms with van der Waals surface area (Å²) >= 11 is 1.30. The fourth-order valence-corrected chi connectivity index (χ4v) is 6.83. The van der Waals surface area contributed by atoms with Crippen LogP contribution in [-0.4, -0.2) is 76.3 Å². The first kappa shape index (κ1) is 21.8. The molecule has 4 aliphatic rings. The third kappa shape index (κ3) is 3.29. The molecule has 1 saturated carbocycles. The van der Waals surface area contributed by atoms with Crippen molar-refractivity contribution in [2.24, 2.45) is 17.8 Å². The van der Waals surface area contributed by atoms with Crippen molar-refractivity contribution in [3.63, 3.8) is 0 Å². The number of halogens is 2. The molecular weight excluding hydrogens is 448 g/mol. The number of hydrogen-bond acceptors (Lipinski definition) is 8. The summed E-state index contributed by atoms with van der Waals surface area (Å²) in [6.07, 6.45) is 0.643. The molecule has 3 aliphatic heterocycles. The Morgan fingerprint density at radius 3 is 2.43 bits per heavy atom. The standard InChI is InChI=1S/C17H21F2NO8S2/c1-6(2)20-10-11(28-15(22)7-3-4-7)13-9(8(14(20)21)12(10)29-13)16(23)27-5-17(18,19)30(24,25)26/h6-13H,3-5H2,1-2H3,(H,24,25,26). The number of likely N-dealkylation sites (tertiary alicyclic amines) is 1. The van der Waals surface area contributed by atoms with Gasteiger partial charge in [-0.1, -0.05) is 0 Å². The largest absolute Gasteiger partial charge is 0.459 e. The quantitative estimate of drug-likeness (QED) is 0.423. The minimum atomic E-state index is -5.76. The van der Waals surface area contributed by atoms with Gasteiger partial charge in [-0.15, -0.1) is 11.8 Å². The molecule has 30 heavy (non-hydrogen) atoms. The smallest absolute Gasteiger partial charge is 0.402 e. The van der Waals surface area contributed by atoms with Gasteiger partial charge in [0.1, 0.15) is 6.10 Å². The maximum Gasteiger partial charge on any atom is 0.402 e. The van der Waals surface area contributed by atoms with Crippen LogP contribution in [0.2, 0.25) is 0 Å². The maximum atomic E-state index is 13.5. The van der Waals surface area contributed by atoms with Crippen LogP contribution in [0.1, 0.15) is 26.7 Å². The van der Waals surface area contributed by atoms with Gasteiger partial charge in [0.15, 0.2) is 6.61 Å². The van der Waals surface area contributed by atoms with Crippen molar-refractivity contribution in [3.8, 4) is 0 Å². The van der Waals surface area contributed by atoms with Crippen LogP contribution < -0.4 is 0 Å². The lowest BCUT2D eigenvalue weighted by Gasteiger charge is -2.34. The first-order valence-corrected chi connectivity index (χ1v) is 11.9. The minimum absolute atomic E-state index is 0.201. The molecule has 168 valence electrons. The number of alkyl halides is 2. The van der Waals surface area contributed by atoms with Gasteiger partial charge in [0.25, 0.3) is 0 Å². The highest BCUT2D eigenvalue weighted by molar-refractivity contribution is 8.01. The van der Waals surface area contributed by atoms with E-state index in [1.807, 2.05) is 0 Å². The number of rotatable bonds is 7. The van der Waals surface area contributed by atoms with Gasteiger partial charge in [0.2, 0.25) is 5.91 Å². The van der Waals surface area contributed by atoms with E-state index in [1.54, 1.807) is 18.7 Å². The Morgan fingerprint density at radius 1 is 1.27 bits per heavy atom. The van der Waals surface area contributed by atoms with Crippen LogP contribution in [-0.2, 0) is 34.0 Å². The summed E-state index contributed by atoms with van der Waals surface area (Å²) < 4.78 is 67.2. The Hall–Kier alpha value is -1.47. The zero-order chi connectivity index (χ0) is 22.2. The van der Waals surface area contributed by atoms with Gasteiger partial charge in [0, 0.05) is 11.3 Å². The second kappa shape index (κ2) is 7.02. The van der Waals surface area contributed by atoms with Crippen LogP contribution in [0.3, 0.4) is 0 Å². The molecule has 0 aromatic heterocycles. The Bertz CT molecular complexity index is 890. The lowest BCUT2D eigenvalue weighted by Crippen LogP contribution is -2.52. The number of thioether (sulfide) groups is 1. The number of ether oxygens (including phenoxy) is 2. The summed E-state index contributed by atoms with van der Waals surface area (Å²) in [7, 11) is -5.76. The molecule has 4 fully saturated rings. The normalized spacial score (nSPS) is 35.3. The van der Waals surface area contributed by atoms with Gasteiger partial charge in [-0.25, -0.2) is 0 Å². The summed E-state index contributed by atoms with van der Waals surface area (Å²) in [5.74, 6) is -4.10. The lowest BCUT2D eigenvalue weighted by molar-refractivity contribution is -0.163. The molecule has 6 atom stereocenters. The molecule has 1 N–H and O–H groups in total. The van der Waals surface area contributed by atoms with E-state index in [0.29, 0.717) is 12.8 Å². The van der Waals surface area contributed by atoms with Gasteiger partial charge in [0.05, 0.1) is 29.0 Å². The molecule has 4 rings (SSSR count). The Labute approximate surface area is 175 Å². The number of amides is 1. The molecule has 1 aliphatic carbocycles. The molecule has 9 nitrogen and oxygen atoms in total. The van der Waals surface area contributed by atoms with E-state index in [0.717, 1.165) is 0 Å². The van der Waals surface area contributed by atoms with Crippen LogP contribution in [0, 0.1) is 17.8 Å². The fraction of sp³-hybridized carbons (Fsp3) is 0.824. The minimum Gasteiger partial charge on any atom is -0.459 e. The average molecular weight is 469 g/mol. The third-order valence-corrected chi connectivity index (χ3v) is 8.65. The highest BCUT2D eigenvalue weighted by Crippen LogP contribution is 2.60. The maximum absolute atomic E-state index is 13.5. The fourth-order valence-electron chi connectivity index (χ4n) is 4.54. The monoisotopic (exact) mass is 469 g/mol. The summed E-state index contributed by atoms with van der Waals surface area (Å²) in [5, 5.41) is -5.69. The molecule has 2 bridgehead atoms. The summed E-state index contributed by atoms with van der Waals surface area (Å²) in [6.45, 7) is 1.72. The second-order valence-corrected chi connectivity index (χ2v) is 11.3. The number of fused-ring (bicyclic) bond motifs is 1. The van der Waals surface area contributed by atoms with Crippen molar-refractivity contribution < 1.29 is 45.6 Å². The van der Waals surface area contributed by atoms with Crippen LogP contribution >= 0.6 is 11.8 Å². The molecule has 0 aromatic rings. The lowest BCUT2D eigenvalue weighted by atomic mass is 9.78. The zero-order valence-corrected chi connectivity index (χ0v) is 17.7. The predicted molar refractivity (Wildman–Crippen MR) is 98.0 cm³/mol. The van der Waals surface area contributed by atoms with E-state index < -0.39 is 63.1 Å². The van der Waals surface area contributed by atoms with E-state index in [2.05, 4.69) is 4.74 Å². The molecule has 3 heterocycles. The Balaban J connectivity index is 1.57. The molecule has 3 saturated heterocycles. The number of carbonyl (C=O) groups is 3. The van der Waals surface area contributed by atoms with Gasteiger partial charge < -0.3 is 14.4 Å². The number of hydrogen-bond donors (Lipinski definition) is 1. The number of nitrogens with zero attached hydrogens (tertiary/aromatic N) is 1. The van der Waals surface area contributed by atoms with Gasteiger partial charge in [-0.2, -0.15) is 17.2 Å². The van der Waals surface area contributed by atoms with Crippen LogP contribution in [0.15, 0.2) is 0 Å². The van der Waals surface area contributed by atoms with E-state index in [4.69, 9.17) is 9.29 Å². The van der Waals surface area contributed by atoms with Crippen LogP contribution in [0.25, 0.3) is 0 Å².